The van der Waals surface area contributed by atoms with Crippen LogP contribution >= 0.6 is 0 Å². The quantitative estimate of drug-likeness (QED) is 0.847. The molecule has 2 unspecified atom stereocenters. The lowest BCUT2D eigenvalue weighted by atomic mass is 9.99. The minimum atomic E-state index is -0.130. The Balaban J connectivity index is 1.90. The van der Waals surface area contributed by atoms with Gasteiger partial charge in [0.1, 0.15) is 6.04 Å². The van der Waals surface area contributed by atoms with E-state index in [1.54, 1.807) is 17.3 Å². The Bertz CT molecular complexity index is 421. The topological polar surface area (TPSA) is 57.3 Å². The molecule has 0 bridgehead atoms. The average Bonchev–Trinajstić information content (AvgIpc) is 2.88. The van der Waals surface area contributed by atoms with Crippen LogP contribution in [-0.2, 0) is 11.3 Å². The Morgan fingerprint density at radius 1 is 1.53 bits per heavy atom. The monoisotopic (exact) mass is 262 g/mol. The molecule has 2 atom stereocenters. The number of carbonyl (C=O) groups excluding carboxylic acids is 1. The molecule has 2 heterocycles. The molecular formula is C14H22N4O. The number of pyridine rings is 1. The largest absolute Gasteiger partial charge is 0.340 e. The maximum Gasteiger partial charge on any atom is 0.241 e. The standard InChI is InChI=1S/C14H22N4O/c1-10(2)12-7-13(17-16-12)14(19)18(3)9-11-5-4-6-15-8-11/h4-6,8,10,12-13,16-17H,7,9H2,1-3H3. The molecule has 1 amide bonds. The third-order valence-electron chi connectivity index (χ3n) is 3.55. The van der Waals surface area contributed by atoms with Gasteiger partial charge < -0.3 is 4.90 Å². The first-order chi connectivity index (χ1) is 9.08. The second-order valence-corrected chi connectivity index (χ2v) is 5.48. The van der Waals surface area contributed by atoms with Gasteiger partial charge in [0.2, 0.25) is 5.91 Å². The lowest BCUT2D eigenvalue weighted by Gasteiger charge is -2.20. The van der Waals surface area contributed by atoms with E-state index in [-0.39, 0.29) is 11.9 Å². The van der Waals surface area contributed by atoms with Crippen LogP contribution in [0.3, 0.4) is 0 Å². The molecule has 1 fully saturated rings. The normalized spacial score (nSPS) is 22.7. The van der Waals surface area contributed by atoms with Crippen LogP contribution in [0.15, 0.2) is 24.5 Å². The Kier molecular flexibility index (Phi) is 4.50. The van der Waals surface area contributed by atoms with E-state index in [1.807, 2.05) is 19.2 Å². The Morgan fingerprint density at radius 3 is 2.89 bits per heavy atom. The highest BCUT2D eigenvalue weighted by Crippen LogP contribution is 2.15. The summed E-state index contributed by atoms with van der Waals surface area (Å²) in [6.07, 6.45) is 4.37. The summed E-state index contributed by atoms with van der Waals surface area (Å²) in [5.41, 5.74) is 7.34. The summed E-state index contributed by atoms with van der Waals surface area (Å²) in [6, 6.07) is 4.10. The van der Waals surface area contributed by atoms with Gasteiger partial charge in [0.15, 0.2) is 0 Å². The van der Waals surface area contributed by atoms with Crippen LogP contribution < -0.4 is 10.9 Å². The van der Waals surface area contributed by atoms with Crippen molar-refractivity contribution in [2.45, 2.75) is 38.9 Å². The van der Waals surface area contributed by atoms with Crippen molar-refractivity contribution in [2.24, 2.45) is 5.92 Å². The maximum absolute atomic E-state index is 12.3. The molecule has 5 heteroatoms. The minimum Gasteiger partial charge on any atom is -0.340 e. The van der Waals surface area contributed by atoms with E-state index >= 15 is 0 Å². The van der Waals surface area contributed by atoms with Crippen molar-refractivity contribution < 1.29 is 4.79 Å². The predicted molar refractivity (Wildman–Crippen MR) is 74.0 cm³/mol. The molecule has 1 aromatic heterocycles. The van der Waals surface area contributed by atoms with Crippen LogP contribution in [0.25, 0.3) is 0 Å². The molecule has 19 heavy (non-hydrogen) atoms. The molecule has 2 N–H and O–H groups in total. The van der Waals surface area contributed by atoms with E-state index in [0.717, 1.165) is 12.0 Å². The fourth-order valence-corrected chi connectivity index (χ4v) is 2.29. The zero-order chi connectivity index (χ0) is 13.8. The highest BCUT2D eigenvalue weighted by Gasteiger charge is 2.32. The maximum atomic E-state index is 12.3. The molecule has 2 rings (SSSR count). The van der Waals surface area contributed by atoms with Crippen molar-refractivity contribution in [3.8, 4) is 0 Å². The number of carbonyl (C=O) groups is 1. The van der Waals surface area contributed by atoms with Crippen LogP contribution in [0.1, 0.15) is 25.8 Å². The number of likely N-dealkylation sites (N-methyl/N-ethyl adjacent to an activating group) is 1. The van der Waals surface area contributed by atoms with Crippen molar-refractivity contribution in [2.75, 3.05) is 7.05 Å². The summed E-state index contributed by atoms with van der Waals surface area (Å²) < 4.78 is 0. The van der Waals surface area contributed by atoms with Crippen LogP contribution in [-0.4, -0.2) is 34.9 Å². The number of hydrogen-bond donors (Lipinski definition) is 2. The first-order valence-electron chi connectivity index (χ1n) is 6.73. The number of nitrogens with zero attached hydrogens (tertiary/aromatic N) is 2. The van der Waals surface area contributed by atoms with Gasteiger partial charge in [-0.1, -0.05) is 19.9 Å². The number of hydrazine groups is 1. The van der Waals surface area contributed by atoms with Gasteiger partial charge in [0.25, 0.3) is 0 Å². The van der Waals surface area contributed by atoms with E-state index in [2.05, 4.69) is 29.7 Å². The zero-order valence-corrected chi connectivity index (χ0v) is 11.8. The van der Waals surface area contributed by atoms with Crippen molar-refractivity contribution >= 4 is 5.91 Å². The van der Waals surface area contributed by atoms with Crippen LogP contribution in [0, 0.1) is 5.92 Å². The molecular weight excluding hydrogens is 240 g/mol. The molecule has 1 aliphatic rings. The molecule has 0 spiro atoms. The third-order valence-corrected chi connectivity index (χ3v) is 3.55. The lowest BCUT2D eigenvalue weighted by molar-refractivity contribution is -0.132. The summed E-state index contributed by atoms with van der Waals surface area (Å²) in [5, 5.41) is 0. The van der Waals surface area contributed by atoms with Crippen molar-refractivity contribution in [1.82, 2.24) is 20.7 Å². The van der Waals surface area contributed by atoms with Gasteiger partial charge in [-0.2, -0.15) is 0 Å². The molecule has 5 nitrogen and oxygen atoms in total. The van der Waals surface area contributed by atoms with Gasteiger partial charge >= 0.3 is 0 Å². The average molecular weight is 262 g/mol. The SMILES string of the molecule is CC(C)C1CC(C(=O)N(C)Cc2cccnc2)NN1. The Morgan fingerprint density at radius 2 is 2.32 bits per heavy atom. The number of nitrogens with one attached hydrogen (secondary N) is 2. The van der Waals surface area contributed by atoms with E-state index < -0.39 is 0 Å². The van der Waals surface area contributed by atoms with Gasteiger partial charge in [0, 0.05) is 32.0 Å². The summed E-state index contributed by atoms with van der Waals surface area (Å²) in [5.74, 6) is 0.647. The first-order valence-corrected chi connectivity index (χ1v) is 6.73. The van der Waals surface area contributed by atoms with E-state index in [9.17, 15) is 4.79 Å². The van der Waals surface area contributed by atoms with E-state index in [4.69, 9.17) is 0 Å². The number of aromatic nitrogens is 1. The van der Waals surface area contributed by atoms with Gasteiger partial charge in [-0.05, 0) is 24.0 Å². The summed E-state index contributed by atoms with van der Waals surface area (Å²) in [6.45, 7) is 4.91. The highest BCUT2D eigenvalue weighted by atomic mass is 16.2. The molecule has 1 saturated heterocycles. The van der Waals surface area contributed by atoms with Crippen LogP contribution in [0.2, 0.25) is 0 Å². The molecule has 0 saturated carbocycles. The predicted octanol–water partition coefficient (Wildman–Crippen LogP) is 0.931. The van der Waals surface area contributed by atoms with Gasteiger partial charge in [-0.15, -0.1) is 0 Å². The summed E-state index contributed by atoms with van der Waals surface area (Å²) in [7, 11) is 1.83. The fraction of sp³-hybridized carbons (Fsp3) is 0.571. The molecule has 1 aromatic rings. The van der Waals surface area contributed by atoms with E-state index in [1.165, 1.54) is 0 Å². The second kappa shape index (κ2) is 6.12. The zero-order valence-electron chi connectivity index (χ0n) is 11.8. The lowest BCUT2D eigenvalue weighted by Crippen LogP contribution is -2.44. The smallest absolute Gasteiger partial charge is 0.241 e. The van der Waals surface area contributed by atoms with Crippen LogP contribution in [0.4, 0.5) is 0 Å². The van der Waals surface area contributed by atoms with Crippen LogP contribution in [0.5, 0.6) is 0 Å². The molecule has 0 aromatic carbocycles. The Hall–Kier alpha value is -1.46. The van der Waals surface area contributed by atoms with E-state index in [0.29, 0.717) is 18.5 Å². The summed E-state index contributed by atoms with van der Waals surface area (Å²) in [4.78, 5) is 18.1. The highest BCUT2D eigenvalue weighted by molar-refractivity contribution is 5.81. The third kappa shape index (κ3) is 3.52. The van der Waals surface area contributed by atoms with Crippen molar-refractivity contribution in [1.29, 1.82) is 0 Å². The Labute approximate surface area is 114 Å². The van der Waals surface area contributed by atoms with Gasteiger partial charge in [-0.25, -0.2) is 5.43 Å². The number of rotatable bonds is 4. The first kappa shape index (κ1) is 14.0. The number of hydrogen-bond acceptors (Lipinski definition) is 4. The van der Waals surface area contributed by atoms with Crippen molar-refractivity contribution in [3.63, 3.8) is 0 Å². The van der Waals surface area contributed by atoms with Gasteiger partial charge in [0.05, 0.1) is 0 Å². The second-order valence-electron chi connectivity index (χ2n) is 5.48. The fourth-order valence-electron chi connectivity index (χ4n) is 2.29. The minimum absolute atomic E-state index is 0.125. The molecule has 104 valence electrons. The number of amides is 1. The molecule has 1 aliphatic heterocycles. The van der Waals surface area contributed by atoms with Gasteiger partial charge in [-0.3, -0.25) is 15.2 Å². The molecule has 0 aliphatic carbocycles. The van der Waals surface area contributed by atoms with Crippen molar-refractivity contribution in [3.05, 3.63) is 30.1 Å². The summed E-state index contributed by atoms with van der Waals surface area (Å²) >= 11 is 0. The molecule has 0 radical (unpaired) electrons.